The Bertz CT molecular complexity index is 574. The van der Waals surface area contributed by atoms with Crippen molar-refractivity contribution in [3.8, 4) is 5.75 Å². The summed E-state index contributed by atoms with van der Waals surface area (Å²) >= 11 is 0. The van der Waals surface area contributed by atoms with Gasteiger partial charge in [-0.05, 0) is 43.5 Å². The fourth-order valence-electron chi connectivity index (χ4n) is 2.91. The van der Waals surface area contributed by atoms with Gasteiger partial charge in [0.15, 0.2) is 0 Å². The van der Waals surface area contributed by atoms with Crippen LogP contribution < -0.4 is 15.4 Å². The lowest BCUT2D eigenvalue weighted by atomic mass is 10.0. The van der Waals surface area contributed by atoms with Gasteiger partial charge in [0.25, 0.3) is 0 Å². The number of anilines is 2. The molecule has 1 fully saturated rings. The van der Waals surface area contributed by atoms with Crippen molar-refractivity contribution >= 4 is 23.2 Å². The number of methoxy groups -OCH3 is 1. The zero-order valence-corrected chi connectivity index (χ0v) is 14.0. The smallest absolute Gasteiger partial charge is 0.238 e. The van der Waals surface area contributed by atoms with Gasteiger partial charge in [-0.15, -0.1) is 0 Å². The molecule has 1 saturated heterocycles. The second-order valence-electron chi connectivity index (χ2n) is 6.13. The van der Waals surface area contributed by atoms with Gasteiger partial charge >= 0.3 is 0 Å². The molecule has 23 heavy (non-hydrogen) atoms. The molecule has 2 amide bonds. The third-order valence-corrected chi connectivity index (χ3v) is 3.90. The second-order valence-corrected chi connectivity index (χ2v) is 6.13. The summed E-state index contributed by atoms with van der Waals surface area (Å²) in [5.41, 5.74) is 1.19. The molecular weight excluding hydrogens is 294 g/mol. The summed E-state index contributed by atoms with van der Waals surface area (Å²) in [4.78, 5) is 25.6. The summed E-state index contributed by atoms with van der Waals surface area (Å²) in [7, 11) is 1.55. The lowest BCUT2D eigenvalue weighted by Gasteiger charge is -2.30. The van der Waals surface area contributed by atoms with Crippen LogP contribution in [0.2, 0.25) is 0 Å². The SMILES string of the molecule is COc1ccc(NC(C)=O)cc1NC(=O)CN1CCC[C@@H](C)C1. The van der Waals surface area contributed by atoms with Crippen molar-refractivity contribution < 1.29 is 14.3 Å². The molecule has 2 rings (SSSR count). The van der Waals surface area contributed by atoms with Crippen LogP contribution in [0.25, 0.3) is 0 Å². The van der Waals surface area contributed by atoms with Crippen LogP contribution in [-0.2, 0) is 9.59 Å². The summed E-state index contributed by atoms with van der Waals surface area (Å²) in [6, 6.07) is 5.17. The number of nitrogens with zero attached hydrogens (tertiary/aromatic N) is 1. The number of hydrogen-bond acceptors (Lipinski definition) is 4. The standard InChI is InChI=1S/C17H25N3O3/c1-12-5-4-8-20(10-12)11-17(22)19-15-9-14(18-13(2)21)6-7-16(15)23-3/h6-7,9,12H,4-5,8,10-11H2,1-3H3,(H,18,21)(H,19,22)/t12-/m1/s1. The topological polar surface area (TPSA) is 70.7 Å². The number of rotatable bonds is 5. The number of ether oxygens (including phenoxy) is 1. The van der Waals surface area contributed by atoms with Crippen molar-refractivity contribution in [1.29, 1.82) is 0 Å². The Morgan fingerprint density at radius 2 is 2.13 bits per heavy atom. The molecule has 0 bridgehead atoms. The van der Waals surface area contributed by atoms with Gasteiger partial charge in [0, 0.05) is 19.2 Å². The van der Waals surface area contributed by atoms with Crippen LogP contribution in [0, 0.1) is 5.92 Å². The van der Waals surface area contributed by atoms with Crippen molar-refractivity contribution in [3.05, 3.63) is 18.2 Å². The van der Waals surface area contributed by atoms with Crippen molar-refractivity contribution in [2.24, 2.45) is 5.92 Å². The molecular formula is C17H25N3O3. The maximum Gasteiger partial charge on any atom is 0.238 e. The third kappa shape index (κ3) is 5.25. The summed E-state index contributed by atoms with van der Waals surface area (Å²) in [5.74, 6) is 0.973. The first-order valence-corrected chi connectivity index (χ1v) is 7.95. The Morgan fingerprint density at radius 1 is 1.35 bits per heavy atom. The van der Waals surface area contributed by atoms with E-state index in [9.17, 15) is 9.59 Å². The largest absolute Gasteiger partial charge is 0.495 e. The number of likely N-dealkylation sites (tertiary alicyclic amines) is 1. The molecule has 1 atom stereocenters. The Hall–Kier alpha value is -2.08. The lowest BCUT2D eigenvalue weighted by Crippen LogP contribution is -2.39. The van der Waals surface area contributed by atoms with Crippen molar-refractivity contribution in [1.82, 2.24) is 4.90 Å². The summed E-state index contributed by atoms with van der Waals surface area (Å²) < 4.78 is 5.27. The number of hydrogen-bond donors (Lipinski definition) is 2. The minimum atomic E-state index is -0.158. The Morgan fingerprint density at radius 3 is 2.78 bits per heavy atom. The molecule has 1 heterocycles. The molecule has 0 spiro atoms. The first-order chi connectivity index (χ1) is 11.0. The second kappa shape index (κ2) is 7.97. The highest BCUT2D eigenvalue weighted by atomic mass is 16.5. The van der Waals surface area contributed by atoms with E-state index in [4.69, 9.17) is 4.74 Å². The van der Waals surface area contributed by atoms with E-state index in [2.05, 4.69) is 22.5 Å². The summed E-state index contributed by atoms with van der Waals surface area (Å²) in [5, 5.41) is 5.58. The number of nitrogens with one attached hydrogen (secondary N) is 2. The van der Waals surface area contributed by atoms with Crippen LogP contribution in [0.4, 0.5) is 11.4 Å². The Labute approximate surface area is 137 Å². The van der Waals surface area contributed by atoms with Crippen molar-refractivity contribution in [2.75, 3.05) is 37.4 Å². The van der Waals surface area contributed by atoms with E-state index in [0.717, 1.165) is 19.5 Å². The van der Waals surface area contributed by atoms with E-state index < -0.39 is 0 Å². The van der Waals surface area contributed by atoms with Gasteiger partial charge in [-0.3, -0.25) is 14.5 Å². The quantitative estimate of drug-likeness (QED) is 0.874. The molecule has 0 aliphatic carbocycles. The van der Waals surface area contributed by atoms with Gasteiger partial charge in [-0.25, -0.2) is 0 Å². The van der Waals surface area contributed by atoms with E-state index in [0.29, 0.717) is 29.6 Å². The monoisotopic (exact) mass is 319 g/mol. The number of benzene rings is 1. The average Bonchev–Trinajstić information content (AvgIpc) is 2.46. The molecule has 1 aliphatic heterocycles. The highest BCUT2D eigenvalue weighted by molar-refractivity contribution is 5.95. The fourth-order valence-corrected chi connectivity index (χ4v) is 2.91. The number of amides is 2. The lowest BCUT2D eigenvalue weighted by molar-refractivity contribution is -0.117. The number of carbonyl (C=O) groups excluding carboxylic acids is 2. The first kappa shape index (κ1) is 17.3. The van der Waals surface area contributed by atoms with Crippen LogP contribution in [0.15, 0.2) is 18.2 Å². The fraction of sp³-hybridized carbons (Fsp3) is 0.529. The van der Waals surface area contributed by atoms with E-state index in [1.807, 2.05) is 0 Å². The average molecular weight is 319 g/mol. The number of carbonyl (C=O) groups is 2. The minimum absolute atomic E-state index is 0.0719. The maximum atomic E-state index is 12.3. The van der Waals surface area contributed by atoms with E-state index in [1.165, 1.54) is 13.3 Å². The highest BCUT2D eigenvalue weighted by Gasteiger charge is 2.19. The molecule has 0 unspecified atom stereocenters. The maximum absolute atomic E-state index is 12.3. The van der Waals surface area contributed by atoms with Crippen LogP contribution >= 0.6 is 0 Å². The van der Waals surface area contributed by atoms with Gasteiger partial charge < -0.3 is 15.4 Å². The third-order valence-electron chi connectivity index (χ3n) is 3.90. The van der Waals surface area contributed by atoms with Gasteiger partial charge in [-0.2, -0.15) is 0 Å². The zero-order chi connectivity index (χ0) is 16.8. The van der Waals surface area contributed by atoms with Crippen molar-refractivity contribution in [3.63, 3.8) is 0 Å². The van der Waals surface area contributed by atoms with Gasteiger partial charge in [-0.1, -0.05) is 6.92 Å². The van der Waals surface area contributed by atoms with Crippen LogP contribution in [0.1, 0.15) is 26.7 Å². The summed E-state index contributed by atoms with van der Waals surface area (Å²) in [6.45, 7) is 5.94. The van der Waals surface area contributed by atoms with Gasteiger partial charge in [0.05, 0.1) is 19.3 Å². The molecule has 2 N–H and O–H groups in total. The van der Waals surface area contributed by atoms with Gasteiger partial charge in [0.1, 0.15) is 5.75 Å². The predicted octanol–water partition coefficient (Wildman–Crippen LogP) is 2.32. The Kier molecular flexibility index (Phi) is 5.98. The van der Waals surface area contributed by atoms with E-state index in [-0.39, 0.29) is 11.8 Å². The number of piperidine rings is 1. The predicted molar refractivity (Wildman–Crippen MR) is 90.8 cm³/mol. The molecule has 0 radical (unpaired) electrons. The minimum Gasteiger partial charge on any atom is -0.495 e. The van der Waals surface area contributed by atoms with Crippen LogP contribution in [0.3, 0.4) is 0 Å². The first-order valence-electron chi connectivity index (χ1n) is 7.95. The van der Waals surface area contributed by atoms with Crippen molar-refractivity contribution in [2.45, 2.75) is 26.7 Å². The van der Waals surface area contributed by atoms with E-state index in [1.54, 1.807) is 25.3 Å². The molecule has 0 aromatic heterocycles. The van der Waals surface area contributed by atoms with Crippen LogP contribution in [0.5, 0.6) is 5.75 Å². The molecule has 6 nitrogen and oxygen atoms in total. The molecule has 126 valence electrons. The highest BCUT2D eigenvalue weighted by Crippen LogP contribution is 2.28. The summed E-state index contributed by atoms with van der Waals surface area (Å²) in [6.07, 6.45) is 2.36. The molecule has 1 aliphatic rings. The van der Waals surface area contributed by atoms with Crippen LogP contribution in [-0.4, -0.2) is 43.5 Å². The molecule has 0 saturated carbocycles. The van der Waals surface area contributed by atoms with E-state index >= 15 is 0 Å². The molecule has 6 heteroatoms. The molecule has 1 aromatic rings. The normalized spacial score (nSPS) is 18.3. The molecule has 1 aromatic carbocycles. The zero-order valence-electron chi connectivity index (χ0n) is 14.0. The van der Waals surface area contributed by atoms with Gasteiger partial charge in [0.2, 0.25) is 11.8 Å². The Balaban J connectivity index is 2.02.